The fourth-order valence-corrected chi connectivity index (χ4v) is 4.90. The first-order chi connectivity index (χ1) is 14.5. The van der Waals surface area contributed by atoms with Crippen LogP contribution in [0.25, 0.3) is 0 Å². The normalized spacial score (nSPS) is 29.6. The first-order valence-corrected chi connectivity index (χ1v) is 11.4. The lowest BCUT2D eigenvalue weighted by Crippen LogP contribution is -2.43. The van der Waals surface area contributed by atoms with E-state index in [0.29, 0.717) is 17.8 Å². The van der Waals surface area contributed by atoms with Crippen molar-refractivity contribution < 1.29 is 4.42 Å². The van der Waals surface area contributed by atoms with Crippen molar-refractivity contribution in [3.8, 4) is 0 Å². The Morgan fingerprint density at radius 3 is 2.37 bits per heavy atom. The van der Waals surface area contributed by atoms with Gasteiger partial charge in [-0.1, -0.05) is 76.2 Å². The highest BCUT2D eigenvalue weighted by molar-refractivity contribution is 6.06. The number of anilines is 1. The zero-order valence-electron chi connectivity index (χ0n) is 18.7. The number of benzene rings is 2. The summed E-state index contributed by atoms with van der Waals surface area (Å²) >= 11 is 0. The van der Waals surface area contributed by atoms with Crippen LogP contribution in [-0.4, -0.2) is 23.6 Å². The Morgan fingerprint density at radius 1 is 1.03 bits per heavy atom. The van der Waals surface area contributed by atoms with E-state index in [-0.39, 0.29) is 6.10 Å². The summed E-state index contributed by atoms with van der Waals surface area (Å²) in [5.41, 5.74) is 2.87. The molecule has 3 nitrogen and oxygen atoms in total. The van der Waals surface area contributed by atoms with Gasteiger partial charge >= 0.3 is 0 Å². The van der Waals surface area contributed by atoms with Gasteiger partial charge in [-0.2, -0.15) is 5.10 Å². The Kier molecular flexibility index (Phi) is 6.08. The molecule has 0 amide bonds. The van der Waals surface area contributed by atoms with Crippen molar-refractivity contribution in [3.05, 3.63) is 66.2 Å². The van der Waals surface area contributed by atoms with Gasteiger partial charge in [0.1, 0.15) is 0 Å². The molecule has 0 saturated heterocycles. The highest BCUT2D eigenvalue weighted by Gasteiger charge is 2.38. The first-order valence-electron chi connectivity index (χ1n) is 11.4. The molecule has 1 aliphatic carbocycles. The molecule has 0 bridgehead atoms. The zero-order valence-corrected chi connectivity index (χ0v) is 18.7. The smallest absolute Gasteiger partial charge is 0.230 e. The molecule has 158 valence electrons. The van der Waals surface area contributed by atoms with E-state index >= 15 is 0 Å². The van der Waals surface area contributed by atoms with Crippen LogP contribution in [0.2, 0.25) is 0 Å². The Hall–Kier alpha value is -2.42. The van der Waals surface area contributed by atoms with Gasteiger partial charge in [0.25, 0.3) is 0 Å². The lowest BCUT2D eigenvalue weighted by atomic mass is 9.75. The van der Waals surface area contributed by atoms with Crippen molar-refractivity contribution in [2.24, 2.45) is 22.9 Å². The van der Waals surface area contributed by atoms with Crippen LogP contribution in [0.3, 0.4) is 0 Å². The third-order valence-corrected chi connectivity index (χ3v) is 6.70. The van der Waals surface area contributed by atoms with Crippen LogP contribution < -0.4 is 5.01 Å². The third kappa shape index (κ3) is 4.35. The van der Waals surface area contributed by atoms with Gasteiger partial charge in [0.15, 0.2) is 0 Å². The quantitative estimate of drug-likeness (QED) is 0.434. The van der Waals surface area contributed by atoms with Gasteiger partial charge in [0.2, 0.25) is 6.10 Å². The molecule has 0 N–H and O–H groups in total. The van der Waals surface area contributed by atoms with Crippen molar-refractivity contribution >= 4 is 17.7 Å². The molecule has 2 aliphatic rings. The van der Waals surface area contributed by atoms with Crippen LogP contribution in [0.5, 0.6) is 0 Å². The molecule has 30 heavy (non-hydrogen) atoms. The van der Waals surface area contributed by atoms with Crippen molar-refractivity contribution in [1.29, 1.82) is 0 Å². The SMILES string of the molecule is CC(C)[C@H]1CC[C@H](C)C[C@@H]1[O+]=[C-]C1(C)CC(c2ccccc2)=NN1c1ccccc1. The van der Waals surface area contributed by atoms with Crippen LogP contribution in [0.4, 0.5) is 5.69 Å². The van der Waals surface area contributed by atoms with Gasteiger partial charge in [-0.3, -0.25) is 5.01 Å². The average Bonchev–Trinajstić information content (AvgIpc) is 3.11. The molecule has 1 fully saturated rings. The summed E-state index contributed by atoms with van der Waals surface area (Å²) in [6.45, 7) is 9.18. The molecular formula is C27H34N2O. The molecule has 1 unspecified atom stereocenters. The van der Waals surface area contributed by atoms with Crippen molar-refractivity contribution in [2.75, 3.05) is 5.01 Å². The van der Waals surface area contributed by atoms with Crippen molar-refractivity contribution in [2.45, 2.75) is 65.0 Å². The minimum atomic E-state index is -0.436. The molecule has 3 heteroatoms. The summed E-state index contributed by atoms with van der Waals surface area (Å²) in [4.78, 5) is 0. The molecule has 4 atom stereocenters. The number of hydrogen-bond donors (Lipinski definition) is 0. The van der Waals surface area contributed by atoms with E-state index in [1.165, 1.54) is 12.8 Å². The second kappa shape index (κ2) is 8.75. The zero-order chi connectivity index (χ0) is 21.1. The Labute approximate surface area is 181 Å². The average molecular weight is 403 g/mol. The molecule has 0 aromatic heterocycles. The van der Waals surface area contributed by atoms with Gasteiger partial charge in [-0.05, 0) is 48.8 Å². The fraction of sp³-hybridized carbons (Fsp3) is 0.481. The number of carbonyl (C=O) groups excluding carboxylic acids is 1. The lowest BCUT2D eigenvalue weighted by molar-refractivity contribution is -0.0753. The third-order valence-electron chi connectivity index (χ3n) is 6.70. The van der Waals surface area contributed by atoms with E-state index in [2.05, 4.69) is 87.5 Å². The Bertz CT molecular complexity index is 890. The van der Waals surface area contributed by atoms with Crippen LogP contribution in [-0.2, 0) is 4.42 Å². The number of nitrogens with zero attached hydrogens (tertiary/aromatic N) is 2. The number of rotatable bonds is 5. The lowest BCUT2D eigenvalue weighted by Gasteiger charge is -2.36. The van der Waals surface area contributed by atoms with E-state index in [0.717, 1.165) is 29.8 Å². The highest BCUT2D eigenvalue weighted by atomic mass is 16.4. The minimum absolute atomic E-state index is 0.240. The standard InChI is InChI=1S/C27H34N2O/c1-20(2)24-16-15-21(3)17-26(24)30-19-27(4)18-25(22-11-7-5-8-12-22)28-29(27)23-13-9-6-10-14-23/h5-14,20-21,24,26H,15-18H2,1-4H3/t21-,24+,26-,27?/m0/s1. The maximum atomic E-state index is 6.49. The van der Waals surface area contributed by atoms with Crippen molar-refractivity contribution in [3.63, 3.8) is 0 Å². The number of hydrogen-bond acceptors (Lipinski definition) is 2. The first kappa shape index (κ1) is 20.8. The second-order valence-corrected chi connectivity index (χ2v) is 9.60. The van der Waals surface area contributed by atoms with Crippen LogP contribution in [0, 0.1) is 17.8 Å². The fourth-order valence-electron chi connectivity index (χ4n) is 4.90. The largest absolute Gasteiger partial charge is 0.452 e. The maximum Gasteiger partial charge on any atom is 0.230 e. The Morgan fingerprint density at radius 2 is 1.70 bits per heavy atom. The molecule has 1 heterocycles. The van der Waals surface area contributed by atoms with Crippen LogP contribution in [0.1, 0.15) is 58.9 Å². The van der Waals surface area contributed by atoms with Crippen molar-refractivity contribution in [1.82, 2.24) is 0 Å². The summed E-state index contributed by atoms with van der Waals surface area (Å²) in [5, 5.41) is 7.11. The summed E-state index contributed by atoms with van der Waals surface area (Å²) in [5.74, 6) is 1.94. The summed E-state index contributed by atoms with van der Waals surface area (Å²) in [6, 6.07) is 20.8. The van der Waals surface area contributed by atoms with Gasteiger partial charge in [-0.15, -0.1) is 0 Å². The van der Waals surface area contributed by atoms with Gasteiger partial charge < -0.3 is 4.42 Å². The van der Waals surface area contributed by atoms with E-state index < -0.39 is 5.54 Å². The van der Waals surface area contributed by atoms with Gasteiger partial charge in [-0.25, -0.2) is 0 Å². The molecule has 4 rings (SSSR count). The summed E-state index contributed by atoms with van der Waals surface area (Å²) in [6.07, 6.45) is 8.17. The molecule has 0 radical (unpaired) electrons. The molecule has 2 aromatic rings. The molecular weight excluding hydrogens is 368 g/mol. The van der Waals surface area contributed by atoms with Gasteiger partial charge in [0, 0.05) is 24.2 Å². The number of para-hydroxylation sites is 1. The molecule has 1 saturated carbocycles. The van der Waals surface area contributed by atoms with Crippen LogP contribution >= 0.6 is 0 Å². The minimum Gasteiger partial charge on any atom is -0.452 e. The summed E-state index contributed by atoms with van der Waals surface area (Å²) < 4.78 is 6.49. The predicted octanol–water partition coefficient (Wildman–Crippen LogP) is 6.17. The number of hydrazone groups is 1. The van der Waals surface area contributed by atoms with E-state index in [9.17, 15) is 0 Å². The van der Waals surface area contributed by atoms with E-state index in [4.69, 9.17) is 9.53 Å². The summed E-state index contributed by atoms with van der Waals surface area (Å²) in [7, 11) is 0. The molecule has 0 spiro atoms. The molecule has 2 aromatic carbocycles. The topological polar surface area (TPSA) is 26.9 Å². The predicted molar refractivity (Wildman–Crippen MR) is 126 cm³/mol. The maximum absolute atomic E-state index is 6.49. The monoisotopic (exact) mass is 402 g/mol. The highest BCUT2D eigenvalue weighted by Crippen LogP contribution is 2.36. The Balaban J connectivity index is 1.65. The van der Waals surface area contributed by atoms with Gasteiger partial charge in [0.05, 0.1) is 11.4 Å². The molecule has 1 aliphatic heterocycles. The van der Waals surface area contributed by atoms with E-state index in [1.54, 1.807) is 0 Å². The van der Waals surface area contributed by atoms with E-state index in [1.807, 2.05) is 12.1 Å². The second-order valence-electron chi connectivity index (χ2n) is 9.60. The van der Waals surface area contributed by atoms with Crippen LogP contribution in [0.15, 0.2) is 65.8 Å².